The topological polar surface area (TPSA) is 9.23 Å². The van der Waals surface area contributed by atoms with Crippen LogP contribution in [0.1, 0.15) is 32.6 Å². The van der Waals surface area contributed by atoms with E-state index in [0.717, 1.165) is 5.75 Å². The van der Waals surface area contributed by atoms with Gasteiger partial charge in [0, 0.05) is 0 Å². The number of hydrogen-bond donors (Lipinski definition) is 1. The van der Waals surface area contributed by atoms with Gasteiger partial charge in [-0.3, -0.25) is 0 Å². The van der Waals surface area contributed by atoms with Crippen LogP contribution in [-0.2, 0) is 4.43 Å². The fourth-order valence-electron chi connectivity index (χ4n) is 2.29. The van der Waals surface area contributed by atoms with E-state index in [1.807, 2.05) is 0 Å². The third-order valence-corrected chi connectivity index (χ3v) is 5.79. The second-order valence-electron chi connectivity index (χ2n) is 4.99. The summed E-state index contributed by atoms with van der Waals surface area (Å²) in [6.45, 7) is 6.96. The van der Waals surface area contributed by atoms with Gasteiger partial charge in [0.25, 0.3) is 0 Å². The fourth-order valence-corrected chi connectivity index (χ4v) is 5.11. The summed E-state index contributed by atoms with van der Waals surface area (Å²) in [6, 6.07) is 1.34. The van der Waals surface area contributed by atoms with Crippen molar-refractivity contribution in [1.82, 2.24) is 0 Å². The molecule has 78 valence electrons. The van der Waals surface area contributed by atoms with E-state index in [2.05, 4.69) is 32.6 Å². The van der Waals surface area contributed by atoms with E-state index in [4.69, 9.17) is 4.43 Å². The lowest BCUT2D eigenvalue weighted by molar-refractivity contribution is 0.0441. The molecule has 0 saturated carbocycles. The lowest BCUT2D eigenvalue weighted by Gasteiger charge is -2.42. The molecule has 1 aliphatic rings. The van der Waals surface area contributed by atoms with Crippen molar-refractivity contribution in [2.75, 3.05) is 5.75 Å². The highest BCUT2D eigenvalue weighted by molar-refractivity contribution is 7.80. The molecule has 0 aromatic carbocycles. The lowest BCUT2D eigenvalue weighted by Crippen LogP contribution is -2.46. The molecule has 1 heterocycles. The van der Waals surface area contributed by atoms with Gasteiger partial charge in [0.2, 0.25) is 0 Å². The molecule has 1 fully saturated rings. The van der Waals surface area contributed by atoms with Crippen molar-refractivity contribution >= 4 is 20.9 Å². The van der Waals surface area contributed by atoms with Gasteiger partial charge in [0.1, 0.15) is 0 Å². The molecule has 0 amide bonds. The second-order valence-corrected chi connectivity index (χ2v) is 9.66. The van der Waals surface area contributed by atoms with E-state index in [-0.39, 0.29) is 5.60 Å². The standard InChI is InChI=1S/C10H22OSSi/c1-10(6-4-8-12)7-5-9-13(2,3)11-10/h12H,4-9H2,1-3H3. The monoisotopic (exact) mass is 218 g/mol. The van der Waals surface area contributed by atoms with Crippen LogP contribution in [0, 0.1) is 0 Å². The third kappa shape index (κ3) is 3.64. The van der Waals surface area contributed by atoms with Crippen LogP contribution in [0.5, 0.6) is 0 Å². The van der Waals surface area contributed by atoms with Crippen LogP contribution < -0.4 is 0 Å². The van der Waals surface area contributed by atoms with Crippen molar-refractivity contribution in [2.24, 2.45) is 0 Å². The minimum absolute atomic E-state index is 0.177. The molecule has 1 saturated heterocycles. The Morgan fingerprint density at radius 2 is 2.15 bits per heavy atom. The first-order valence-electron chi connectivity index (χ1n) is 5.29. The fraction of sp³-hybridized carbons (Fsp3) is 1.00. The van der Waals surface area contributed by atoms with Gasteiger partial charge < -0.3 is 4.43 Å². The van der Waals surface area contributed by atoms with Crippen LogP contribution in [0.3, 0.4) is 0 Å². The molecule has 0 aliphatic carbocycles. The van der Waals surface area contributed by atoms with Crippen LogP contribution in [0.15, 0.2) is 0 Å². The minimum Gasteiger partial charge on any atom is -0.412 e. The van der Waals surface area contributed by atoms with Crippen LogP contribution in [0.2, 0.25) is 19.1 Å². The van der Waals surface area contributed by atoms with Crippen molar-refractivity contribution in [3.63, 3.8) is 0 Å². The van der Waals surface area contributed by atoms with E-state index in [0.29, 0.717) is 0 Å². The van der Waals surface area contributed by atoms with Crippen molar-refractivity contribution < 1.29 is 4.43 Å². The maximum absolute atomic E-state index is 6.27. The molecule has 1 aliphatic heterocycles. The largest absolute Gasteiger partial charge is 0.412 e. The summed E-state index contributed by atoms with van der Waals surface area (Å²) in [4.78, 5) is 0. The average Bonchev–Trinajstić information content (AvgIpc) is 1.98. The van der Waals surface area contributed by atoms with Crippen molar-refractivity contribution in [3.8, 4) is 0 Å². The highest BCUT2D eigenvalue weighted by Crippen LogP contribution is 2.36. The normalized spacial score (nSPS) is 33.2. The zero-order valence-corrected chi connectivity index (χ0v) is 11.0. The Balaban J connectivity index is 2.47. The highest BCUT2D eigenvalue weighted by atomic mass is 32.1. The van der Waals surface area contributed by atoms with Crippen molar-refractivity contribution in [2.45, 2.75) is 57.3 Å². The molecule has 0 aromatic rings. The van der Waals surface area contributed by atoms with Gasteiger partial charge in [-0.25, -0.2) is 0 Å². The van der Waals surface area contributed by atoms with Gasteiger partial charge in [-0.1, -0.05) is 6.42 Å². The zero-order valence-electron chi connectivity index (χ0n) is 9.10. The Bertz CT molecular complexity index is 172. The summed E-state index contributed by atoms with van der Waals surface area (Å²) >= 11 is 4.26. The molecule has 1 nitrogen and oxygen atoms in total. The molecule has 1 unspecified atom stereocenters. The van der Waals surface area contributed by atoms with Gasteiger partial charge in [0.05, 0.1) is 5.60 Å². The summed E-state index contributed by atoms with van der Waals surface area (Å²) in [6.07, 6.45) is 4.98. The van der Waals surface area contributed by atoms with Crippen molar-refractivity contribution in [1.29, 1.82) is 0 Å². The zero-order chi connectivity index (χ0) is 9.95. The molecule has 0 radical (unpaired) electrons. The number of rotatable bonds is 3. The molecule has 0 bridgehead atoms. The number of hydrogen-bond acceptors (Lipinski definition) is 2. The molecular formula is C10H22OSSi. The maximum Gasteiger partial charge on any atom is 0.187 e. The van der Waals surface area contributed by atoms with Gasteiger partial charge in [0.15, 0.2) is 8.32 Å². The van der Waals surface area contributed by atoms with Gasteiger partial charge >= 0.3 is 0 Å². The molecule has 1 rings (SSSR count). The smallest absolute Gasteiger partial charge is 0.187 e. The third-order valence-electron chi connectivity index (χ3n) is 2.87. The molecule has 3 heteroatoms. The van der Waals surface area contributed by atoms with Crippen LogP contribution >= 0.6 is 12.6 Å². The Morgan fingerprint density at radius 1 is 1.46 bits per heavy atom. The Labute approximate surface area is 88.8 Å². The first kappa shape index (κ1) is 11.6. The predicted molar refractivity (Wildman–Crippen MR) is 64.1 cm³/mol. The van der Waals surface area contributed by atoms with E-state index in [9.17, 15) is 0 Å². The lowest BCUT2D eigenvalue weighted by atomic mass is 9.95. The summed E-state index contributed by atoms with van der Waals surface area (Å²) in [5.41, 5.74) is 0.177. The van der Waals surface area contributed by atoms with E-state index >= 15 is 0 Å². The van der Waals surface area contributed by atoms with Crippen molar-refractivity contribution in [3.05, 3.63) is 0 Å². The Morgan fingerprint density at radius 3 is 2.69 bits per heavy atom. The van der Waals surface area contributed by atoms with Crippen LogP contribution in [0.25, 0.3) is 0 Å². The van der Waals surface area contributed by atoms with Gasteiger partial charge in [-0.2, -0.15) is 12.6 Å². The summed E-state index contributed by atoms with van der Waals surface area (Å²) in [5, 5.41) is 0. The minimum atomic E-state index is -1.30. The van der Waals surface area contributed by atoms with Gasteiger partial charge in [-0.15, -0.1) is 0 Å². The van der Waals surface area contributed by atoms with E-state index in [1.165, 1.54) is 31.7 Å². The molecule has 0 N–H and O–H groups in total. The first-order chi connectivity index (χ1) is 5.97. The highest BCUT2D eigenvalue weighted by Gasteiger charge is 2.37. The first-order valence-corrected chi connectivity index (χ1v) is 9.03. The molecule has 0 spiro atoms. The molecular weight excluding hydrogens is 196 g/mol. The molecule has 0 aromatic heterocycles. The predicted octanol–water partition coefficient (Wildman–Crippen LogP) is 3.47. The van der Waals surface area contributed by atoms with E-state index in [1.54, 1.807) is 0 Å². The number of thiol groups is 1. The average molecular weight is 218 g/mol. The Kier molecular flexibility index (Phi) is 3.90. The summed E-state index contributed by atoms with van der Waals surface area (Å²) in [5.74, 6) is 0.987. The van der Waals surface area contributed by atoms with Crippen LogP contribution in [-0.4, -0.2) is 19.7 Å². The quantitative estimate of drug-likeness (QED) is 0.564. The van der Waals surface area contributed by atoms with Crippen LogP contribution in [0.4, 0.5) is 0 Å². The second kappa shape index (κ2) is 4.37. The molecule has 13 heavy (non-hydrogen) atoms. The Hall–Kier alpha value is 0.527. The maximum atomic E-state index is 6.27. The summed E-state index contributed by atoms with van der Waals surface area (Å²) < 4.78 is 6.27. The van der Waals surface area contributed by atoms with Gasteiger partial charge in [-0.05, 0) is 51.1 Å². The SMILES string of the molecule is CC1(CCCS)CCC[Si](C)(C)O1. The summed E-state index contributed by atoms with van der Waals surface area (Å²) in [7, 11) is -1.30. The van der Waals surface area contributed by atoms with E-state index < -0.39 is 8.32 Å². The molecule has 1 atom stereocenters.